The average molecular weight is 571 g/mol. The molecule has 1 aliphatic heterocycles. The lowest BCUT2D eigenvalue weighted by atomic mass is 9.72. The maximum Gasteiger partial charge on any atom is 0.471 e. The van der Waals surface area contributed by atoms with Gasteiger partial charge in [0.1, 0.15) is 11.6 Å². The third-order valence-electron chi connectivity index (χ3n) is 7.42. The number of hydrogen-bond acceptors (Lipinski definition) is 6. The molecule has 0 bridgehead atoms. The Balaban J connectivity index is 1.68. The number of anilines is 1. The fourth-order valence-corrected chi connectivity index (χ4v) is 5.67. The van der Waals surface area contributed by atoms with E-state index in [-0.39, 0.29) is 29.8 Å². The van der Waals surface area contributed by atoms with Crippen molar-refractivity contribution in [1.29, 1.82) is 0 Å². The second-order valence-corrected chi connectivity index (χ2v) is 9.77. The number of ketones is 1. The van der Waals surface area contributed by atoms with Gasteiger partial charge in [-0.3, -0.25) is 19.5 Å². The molecular weight excluding hydrogens is 544 g/mol. The molecule has 3 atom stereocenters. The largest absolute Gasteiger partial charge is 0.493 e. The summed E-state index contributed by atoms with van der Waals surface area (Å²) in [6.45, 7) is 0. The minimum atomic E-state index is -5.26. The van der Waals surface area contributed by atoms with Crippen LogP contribution in [-0.2, 0) is 9.59 Å². The molecule has 3 unspecified atom stereocenters. The molecule has 3 aromatic rings. The normalized spacial score (nSPS) is 20.4. The first-order valence-electron chi connectivity index (χ1n) is 12.7. The molecule has 214 valence electrons. The quantitative estimate of drug-likeness (QED) is 0.335. The van der Waals surface area contributed by atoms with Crippen LogP contribution in [0.4, 0.5) is 28.9 Å². The molecule has 7 nitrogen and oxygen atoms in total. The fraction of sp³-hybridized carbons (Fsp3) is 0.300. The van der Waals surface area contributed by atoms with E-state index in [1.165, 1.54) is 51.7 Å². The maximum atomic E-state index is 14.4. The van der Waals surface area contributed by atoms with E-state index in [0.717, 1.165) is 12.1 Å². The van der Waals surface area contributed by atoms with E-state index in [1.807, 2.05) is 0 Å². The van der Waals surface area contributed by atoms with E-state index >= 15 is 0 Å². The van der Waals surface area contributed by atoms with Crippen molar-refractivity contribution in [2.45, 2.75) is 31.0 Å². The van der Waals surface area contributed by atoms with E-state index < -0.39 is 41.6 Å². The number of para-hydroxylation sites is 2. The van der Waals surface area contributed by atoms with E-state index in [4.69, 9.17) is 14.2 Å². The number of carbonyl (C=O) groups excluding carboxylic acids is 2. The van der Waals surface area contributed by atoms with Gasteiger partial charge >= 0.3 is 12.1 Å². The Labute approximate surface area is 233 Å². The summed E-state index contributed by atoms with van der Waals surface area (Å²) in [6, 6.07) is 12.8. The number of ether oxygens (including phenoxy) is 3. The van der Waals surface area contributed by atoms with Crippen molar-refractivity contribution < 1.29 is 41.4 Å². The van der Waals surface area contributed by atoms with Crippen LogP contribution in [0.3, 0.4) is 0 Å². The molecule has 1 amide bonds. The van der Waals surface area contributed by atoms with Crippen molar-refractivity contribution in [1.82, 2.24) is 0 Å². The molecule has 2 aliphatic rings. The van der Waals surface area contributed by atoms with Gasteiger partial charge in [0, 0.05) is 12.1 Å². The Kier molecular flexibility index (Phi) is 7.46. The second kappa shape index (κ2) is 10.9. The zero-order valence-electron chi connectivity index (χ0n) is 22.4. The van der Waals surface area contributed by atoms with Crippen molar-refractivity contribution in [3.63, 3.8) is 0 Å². The van der Waals surface area contributed by atoms with E-state index in [2.05, 4.69) is 4.99 Å². The number of alkyl halides is 3. The molecule has 1 saturated carbocycles. The topological polar surface area (TPSA) is 77.4 Å². The maximum absolute atomic E-state index is 14.4. The lowest BCUT2D eigenvalue weighted by Crippen LogP contribution is -2.49. The van der Waals surface area contributed by atoms with Crippen molar-refractivity contribution >= 4 is 28.8 Å². The predicted molar refractivity (Wildman–Crippen MR) is 143 cm³/mol. The average Bonchev–Trinajstić information content (AvgIpc) is 3.10. The highest BCUT2D eigenvalue weighted by atomic mass is 19.4. The number of amides is 1. The van der Waals surface area contributed by atoms with Crippen LogP contribution < -0.4 is 19.1 Å². The van der Waals surface area contributed by atoms with Gasteiger partial charge in [-0.05, 0) is 59.9 Å². The Morgan fingerprint density at radius 3 is 2.20 bits per heavy atom. The number of fused-ring (bicyclic) bond motifs is 2. The molecule has 1 fully saturated rings. The Morgan fingerprint density at radius 1 is 0.902 bits per heavy atom. The minimum absolute atomic E-state index is 0.0524. The number of rotatable bonds is 5. The van der Waals surface area contributed by atoms with Crippen LogP contribution in [0.2, 0.25) is 0 Å². The number of methoxy groups -OCH3 is 3. The first-order valence-corrected chi connectivity index (χ1v) is 12.7. The summed E-state index contributed by atoms with van der Waals surface area (Å²) >= 11 is 0. The molecule has 0 aromatic heterocycles. The van der Waals surface area contributed by atoms with Crippen LogP contribution in [0.15, 0.2) is 65.7 Å². The van der Waals surface area contributed by atoms with Gasteiger partial charge in [0.25, 0.3) is 0 Å². The third kappa shape index (κ3) is 5.12. The molecule has 1 heterocycles. The van der Waals surface area contributed by atoms with Gasteiger partial charge < -0.3 is 14.2 Å². The van der Waals surface area contributed by atoms with Crippen LogP contribution in [0, 0.1) is 11.7 Å². The monoisotopic (exact) mass is 570 g/mol. The van der Waals surface area contributed by atoms with E-state index in [0.29, 0.717) is 33.4 Å². The molecule has 3 aromatic carbocycles. The summed E-state index contributed by atoms with van der Waals surface area (Å²) in [6.07, 6.45) is -5.15. The Bertz CT molecular complexity index is 1510. The van der Waals surface area contributed by atoms with E-state index in [9.17, 15) is 27.2 Å². The number of aliphatic imine (C=N–C) groups is 1. The Morgan fingerprint density at radius 2 is 1.59 bits per heavy atom. The van der Waals surface area contributed by atoms with Crippen molar-refractivity contribution in [2.24, 2.45) is 10.9 Å². The van der Waals surface area contributed by atoms with Crippen molar-refractivity contribution in [2.75, 3.05) is 26.2 Å². The van der Waals surface area contributed by atoms with Gasteiger partial charge in [-0.15, -0.1) is 0 Å². The standard InChI is InChI=1S/C30H26F4N2O5/c1-39-24-14-18(15-25(40-2)28(24)41-3)17-12-21-26(23(37)13-17)27(16-7-6-8-19(31)11-16)36(29(38)30(32,33)34)22-10-5-4-9-20(22)35-21/h4-11,14-15,17,26-27H,12-13H2,1-3H3. The van der Waals surface area contributed by atoms with Crippen molar-refractivity contribution in [3.8, 4) is 17.2 Å². The summed E-state index contributed by atoms with van der Waals surface area (Å²) in [7, 11) is 4.39. The minimum Gasteiger partial charge on any atom is -0.493 e. The molecule has 0 N–H and O–H groups in total. The van der Waals surface area contributed by atoms with Gasteiger partial charge in [-0.1, -0.05) is 24.3 Å². The lowest BCUT2D eigenvalue weighted by molar-refractivity contribution is -0.171. The molecule has 0 saturated heterocycles. The van der Waals surface area contributed by atoms with Crippen LogP contribution in [0.25, 0.3) is 0 Å². The summed E-state index contributed by atoms with van der Waals surface area (Å²) in [5, 5.41) is 0. The summed E-state index contributed by atoms with van der Waals surface area (Å²) in [5.41, 5.74) is 0.998. The summed E-state index contributed by atoms with van der Waals surface area (Å²) in [5.74, 6) is -3.87. The number of carbonyl (C=O) groups is 2. The molecule has 41 heavy (non-hydrogen) atoms. The second-order valence-electron chi connectivity index (χ2n) is 9.77. The number of Topliss-reactive ketones (excluding diaryl/α,β-unsaturated/α-hetero) is 1. The van der Waals surface area contributed by atoms with Gasteiger partial charge in [0.05, 0.1) is 44.7 Å². The zero-order chi connectivity index (χ0) is 29.5. The van der Waals surface area contributed by atoms with Crippen LogP contribution in [0.1, 0.15) is 35.9 Å². The number of nitrogens with zero attached hydrogens (tertiary/aromatic N) is 2. The highest BCUT2D eigenvalue weighted by molar-refractivity contribution is 6.13. The fourth-order valence-electron chi connectivity index (χ4n) is 5.67. The summed E-state index contributed by atoms with van der Waals surface area (Å²) in [4.78, 5) is 32.1. The summed E-state index contributed by atoms with van der Waals surface area (Å²) < 4.78 is 72.8. The van der Waals surface area contributed by atoms with Gasteiger partial charge in [-0.2, -0.15) is 13.2 Å². The zero-order valence-corrected chi connectivity index (χ0v) is 22.4. The highest BCUT2D eigenvalue weighted by Gasteiger charge is 2.52. The van der Waals surface area contributed by atoms with E-state index in [1.54, 1.807) is 18.2 Å². The first-order chi connectivity index (χ1) is 19.6. The van der Waals surface area contributed by atoms with Crippen LogP contribution in [0.5, 0.6) is 17.2 Å². The van der Waals surface area contributed by atoms with Crippen molar-refractivity contribution in [3.05, 3.63) is 77.6 Å². The molecular formula is C30H26F4N2O5. The number of benzene rings is 3. The Hall–Kier alpha value is -4.41. The highest BCUT2D eigenvalue weighted by Crippen LogP contribution is 2.50. The number of halogens is 4. The molecule has 5 rings (SSSR count). The predicted octanol–water partition coefficient (Wildman–Crippen LogP) is 6.34. The SMILES string of the molecule is COc1cc(C2CC(=O)C3C(=Nc4ccccc4N(C(=O)C(F)(F)F)C3c3cccc(F)c3)C2)cc(OC)c1OC. The molecule has 0 spiro atoms. The van der Waals surface area contributed by atoms with Crippen LogP contribution in [-0.4, -0.2) is 44.9 Å². The molecule has 1 aliphatic carbocycles. The molecule has 0 radical (unpaired) electrons. The van der Waals surface area contributed by atoms with Crippen LogP contribution >= 0.6 is 0 Å². The first kappa shape index (κ1) is 28.1. The smallest absolute Gasteiger partial charge is 0.471 e. The number of hydrogen-bond donors (Lipinski definition) is 0. The van der Waals surface area contributed by atoms with Gasteiger partial charge in [0.15, 0.2) is 11.5 Å². The van der Waals surface area contributed by atoms with Gasteiger partial charge in [-0.25, -0.2) is 4.39 Å². The third-order valence-corrected chi connectivity index (χ3v) is 7.42. The molecule has 11 heteroatoms. The van der Waals surface area contributed by atoms with Gasteiger partial charge in [0.2, 0.25) is 5.75 Å². The lowest BCUT2D eigenvalue weighted by Gasteiger charge is -2.39.